The van der Waals surface area contributed by atoms with Crippen molar-refractivity contribution in [2.45, 2.75) is 57.7 Å². The molecule has 0 radical (unpaired) electrons. The summed E-state index contributed by atoms with van der Waals surface area (Å²) in [5.41, 5.74) is 5.52. The standard InChI is InChI=1S/C11H24N2O/c1-9-5-4-6-10(2)13(9)7-11(3,12)8-14/h9-10,14H,4-8,12H2,1-3H3/t9-,10+,11?. The van der Waals surface area contributed by atoms with E-state index in [2.05, 4.69) is 18.7 Å². The first kappa shape index (κ1) is 12.0. The molecule has 14 heavy (non-hydrogen) atoms. The Hall–Kier alpha value is -0.120. The number of aliphatic hydroxyl groups excluding tert-OH is 1. The minimum Gasteiger partial charge on any atom is -0.394 e. The minimum atomic E-state index is -0.458. The lowest BCUT2D eigenvalue weighted by atomic mass is 9.94. The first-order valence-electron chi connectivity index (χ1n) is 5.62. The van der Waals surface area contributed by atoms with E-state index < -0.39 is 5.54 Å². The fourth-order valence-electron chi connectivity index (χ4n) is 2.25. The summed E-state index contributed by atoms with van der Waals surface area (Å²) < 4.78 is 0. The van der Waals surface area contributed by atoms with Crippen molar-refractivity contribution in [2.24, 2.45) is 5.73 Å². The van der Waals surface area contributed by atoms with E-state index in [1.54, 1.807) is 0 Å². The van der Waals surface area contributed by atoms with Crippen LogP contribution in [0, 0.1) is 0 Å². The number of nitrogens with two attached hydrogens (primary N) is 1. The van der Waals surface area contributed by atoms with Gasteiger partial charge in [-0.25, -0.2) is 0 Å². The van der Waals surface area contributed by atoms with E-state index in [0.29, 0.717) is 12.1 Å². The van der Waals surface area contributed by atoms with Crippen molar-refractivity contribution in [2.75, 3.05) is 13.2 Å². The summed E-state index contributed by atoms with van der Waals surface area (Å²) in [6, 6.07) is 1.21. The third-order valence-electron chi connectivity index (χ3n) is 3.28. The van der Waals surface area contributed by atoms with Crippen molar-refractivity contribution in [3.8, 4) is 0 Å². The van der Waals surface area contributed by atoms with Gasteiger partial charge in [-0.1, -0.05) is 6.42 Å². The molecule has 1 fully saturated rings. The van der Waals surface area contributed by atoms with Gasteiger partial charge in [0.2, 0.25) is 0 Å². The minimum absolute atomic E-state index is 0.0585. The molecule has 0 aromatic rings. The molecule has 1 aliphatic rings. The summed E-state index contributed by atoms with van der Waals surface area (Å²) in [6.45, 7) is 7.28. The number of piperidine rings is 1. The van der Waals surface area contributed by atoms with Crippen LogP contribution in [0.25, 0.3) is 0 Å². The predicted octanol–water partition coefficient (Wildman–Crippen LogP) is 0.959. The summed E-state index contributed by atoms with van der Waals surface area (Å²) in [4.78, 5) is 2.43. The zero-order chi connectivity index (χ0) is 10.8. The number of hydrogen-bond donors (Lipinski definition) is 2. The van der Waals surface area contributed by atoms with Crippen molar-refractivity contribution in [3.05, 3.63) is 0 Å². The van der Waals surface area contributed by atoms with E-state index in [0.717, 1.165) is 6.54 Å². The lowest BCUT2D eigenvalue weighted by molar-refractivity contribution is 0.0611. The molecule has 3 heteroatoms. The van der Waals surface area contributed by atoms with Crippen LogP contribution in [0.4, 0.5) is 0 Å². The summed E-state index contributed by atoms with van der Waals surface area (Å²) in [7, 11) is 0. The monoisotopic (exact) mass is 200 g/mol. The molecule has 0 bridgehead atoms. The van der Waals surface area contributed by atoms with Crippen molar-refractivity contribution in [1.29, 1.82) is 0 Å². The first-order chi connectivity index (χ1) is 6.46. The molecule has 1 aliphatic heterocycles. The van der Waals surface area contributed by atoms with E-state index in [-0.39, 0.29) is 6.61 Å². The lowest BCUT2D eigenvalue weighted by Crippen LogP contribution is -2.56. The Balaban J connectivity index is 2.56. The third-order valence-corrected chi connectivity index (χ3v) is 3.28. The molecule has 3 atom stereocenters. The fraction of sp³-hybridized carbons (Fsp3) is 1.00. The Labute approximate surface area is 87.3 Å². The van der Waals surface area contributed by atoms with Crippen LogP contribution in [0.1, 0.15) is 40.0 Å². The van der Waals surface area contributed by atoms with Crippen LogP contribution >= 0.6 is 0 Å². The maximum Gasteiger partial charge on any atom is 0.0621 e. The van der Waals surface area contributed by atoms with E-state index in [1.165, 1.54) is 19.3 Å². The van der Waals surface area contributed by atoms with E-state index in [9.17, 15) is 0 Å². The van der Waals surface area contributed by atoms with Crippen LogP contribution in [-0.4, -0.2) is 40.8 Å². The highest BCUT2D eigenvalue weighted by atomic mass is 16.3. The van der Waals surface area contributed by atoms with Crippen molar-refractivity contribution in [3.63, 3.8) is 0 Å². The SMILES string of the molecule is C[C@@H]1CCC[C@H](C)N1CC(C)(N)CO. The highest BCUT2D eigenvalue weighted by molar-refractivity contribution is 4.88. The van der Waals surface area contributed by atoms with Crippen LogP contribution in [-0.2, 0) is 0 Å². The molecule has 1 heterocycles. The normalized spacial score (nSPS) is 34.1. The molecule has 0 saturated carbocycles. The molecule has 3 nitrogen and oxygen atoms in total. The second kappa shape index (κ2) is 4.60. The van der Waals surface area contributed by atoms with Gasteiger partial charge < -0.3 is 10.8 Å². The molecular weight excluding hydrogens is 176 g/mol. The number of nitrogens with zero attached hydrogens (tertiary/aromatic N) is 1. The predicted molar refractivity (Wildman–Crippen MR) is 59.2 cm³/mol. The maximum absolute atomic E-state index is 9.15. The number of likely N-dealkylation sites (tertiary alicyclic amines) is 1. The van der Waals surface area contributed by atoms with Gasteiger partial charge in [-0.05, 0) is 33.6 Å². The zero-order valence-corrected chi connectivity index (χ0v) is 9.66. The van der Waals surface area contributed by atoms with Crippen LogP contribution in [0.3, 0.4) is 0 Å². The Morgan fingerprint density at radius 2 is 1.86 bits per heavy atom. The van der Waals surface area contributed by atoms with Crippen molar-refractivity contribution < 1.29 is 5.11 Å². The molecule has 3 N–H and O–H groups in total. The molecule has 1 saturated heterocycles. The Morgan fingerprint density at radius 3 is 2.29 bits per heavy atom. The quantitative estimate of drug-likeness (QED) is 0.713. The highest BCUT2D eigenvalue weighted by Gasteiger charge is 2.30. The molecule has 84 valence electrons. The van der Waals surface area contributed by atoms with Gasteiger partial charge in [0.05, 0.1) is 6.61 Å². The van der Waals surface area contributed by atoms with Crippen LogP contribution < -0.4 is 5.73 Å². The van der Waals surface area contributed by atoms with Gasteiger partial charge in [0.25, 0.3) is 0 Å². The number of rotatable bonds is 3. The summed E-state index contributed by atoms with van der Waals surface area (Å²) in [5, 5.41) is 9.15. The third kappa shape index (κ3) is 2.94. The van der Waals surface area contributed by atoms with E-state index in [1.807, 2.05) is 6.92 Å². The largest absolute Gasteiger partial charge is 0.394 e. The Kier molecular flexibility index (Phi) is 3.93. The van der Waals surface area contributed by atoms with Gasteiger partial charge >= 0.3 is 0 Å². The van der Waals surface area contributed by atoms with Crippen LogP contribution in [0.15, 0.2) is 0 Å². The molecule has 0 amide bonds. The summed E-state index contributed by atoms with van der Waals surface area (Å²) >= 11 is 0. The molecule has 0 spiro atoms. The van der Waals surface area contributed by atoms with Crippen LogP contribution in [0.5, 0.6) is 0 Å². The molecule has 0 aliphatic carbocycles. The molecule has 1 rings (SSSR count). The average Bonchev–Trinajstić information content (AvgIpc) is 2.12. The van der Waals surface area contributed by atoms with Gasteiger partial charge in [0.1, 0.15) is 0 Å². The first-order valence-corrected chi connectivity index (χ1v) is 5.62. The summed E-state index contributed by atoms with van der Waals surface area (Å²) in [6.07, 6.45) is 3.83. The Morgan fingerprint density at radius 1 is 1.36 bits per heavy atom. The fourth-order valence-corrected chi connectivity index (χ4v) is 2.25. The number of aliphatic hydroxyl groups is 1. The van der Waals surface area contributed by atoms with Crippen molar-refractivity contribution >= 4 is 0 Å². The van der Waals surface area contributed by atoms with Gasteiger partial charge in [0.15, 0.2) is 0 Å². The highest BCUT2D eigenvalue weighted by Crippen LogP contribution is 2.23. The van der Waals surface area contributed by atoms with E-state index >= 15 is 0 Å². The average molecular weight is 200 g/mol. The van der Waals surface area contributed by atoms with Gasteiger partial charge in [-0.3, -0.25) is 4.90 Å². The number of hydrogen-bond acceptors (Lipinski definition) is 3. The molecular formula is C11H24N2O. The van der Waals surface area contributed by atoms with Crippen LogP contribution in [0.2, 0.25) is 0 Å². The smallest absolute Gasteiger partial charge is 0.0621 e. The zero-order valence-electron chi connectivity index (χ0n) is 9.66. The lowest BCUT2D eigenvalue weighted by Gasteiger charge is -2.42. The maximum atomic E-state index is 9.15. The molecule has 0 aromatic heterocycles. The second-order valence-electron chi connectivity index (χ2n) is 5.11. The molecule has 0 aromatic carbocycles. The van der Waals surface area contributed by atoms with Gasteiger partial charge in [0, 0.05) is 24.2 Å². The van der Waals surface area contributed by atoms with Gasteiger partial charge in [-0.15, -0.1) is 0 Å². The molecule has 1 unspecified atom stereocenters. The van der Waals surface area contributed by atoms with Crippen molar-refractivity contribution in [1.82, 2.24) is 4.90 Å². The Bertz CT molecular complexity index is 172. The topological polar surface area (TPSA) is 49.5 Å². The van der Waals surface area contributed by atoms with E-state index in [4.69, 9.17) is 10.8 Å². The second-order valence-corrected chi connectivity index (χ2v) is 5.11. The summed E-state index contributed by atoms with van der Waals surface area (Å²) in [5.74, 6) is 0. The van der Waals surface area contributed by atoms with Gasteiger partial charge in [-0.2, -0.15) is 0 Å².